The maximum absolute atomic E-state index is 4.82. The SMILES string of the molecule is CCn1cncc1-c1c(-c2ccccc2)ncn1CC1(C)CCN(C)C1. The van der Waals surface area contributed by atoms with Crippen molar-refractivity contribution in [2.75, 3.05) is 20.1 Å². The molecule has 1 unspecified atom stereocenters. The first kappa shape index (κ1) is 17.0. The van der Waals surface area contributed by atoms with Crippen LogP contribution in [0.3, 0.4) is 0 Å². The van der Waals surface area contributed by atoms with E-state index < -0.39 is 0 Å². The van der Waals surface area contributed by atoms with Gasteiger partial charge in [-0.15, -0.1) is 0 Å². The number of hydrogen-bond acceptors (Lipinski definition) is 3. The first-order valence-corrected chi connectivity index (χ1v) is 9.39. The van der Waals surface area contributed by atoms with Gasteiger partial charge in [-0.3, -0.25) is 0 Å². The molecule has 1 fully saturated rings. The molecule has 0 N–H and O–H groups in total. The Kier molecular flexibility index (Phi) is 4.41. The minimum absolute atomic E-state index is 0.273. The average molecular weight is 349 g/mol. The highest BCUT2D eigenvalue weighted by molar-refractivity contribution is 5.76. The summed E-state index contributed by atoms with van der Waals surface area (Å²) in [5, 5.41) is 0. The molecule has 4 rings (SSSR count). The van der Waals surface area contributed by atoms with Gasteiger partial charge in [0.2, 0.25) is 0 Å². The second-order valence-electron chi connectivity index (χ2n) is 7.80. The zero-order valence-electron chi connectivity index (χ0n) is 15.9. The molecule has 1 aliphatic rings. The lowest BCUT2D eigenvalue weighted by Gasteiger charge is -2.25. The van der Waals surface area contributed by atoms with Crippen LogP contribution >= 0.6 is 0 Å². The summed E-state index contributed by atoms with van der Waals surface area (Å²) < 4.78 is 4.54. The molecule has 0 aliphatic carbocycles. The van der Waals surface area contributed by atoms with E-state index in [2.05, 4.69) is 64.2 Å². The number of rotatable bonds is 5. The number of aryl methyl sites for hydroxylation is 1. The van der Waals surface area contributed by atoms with E-state index in [9.17, 15) is 0 Å². The monoisotopic (exact) mass is 349 g/mol. The third-order valence-electron chi connectivity index (χ3n) is 5.48. The average Bonchev–Trinajstić information content (AvgIpc) is 3.34. The van der Waals surface area contributed by atoms with Crippen LogP contribution in [0.5, 0.6) is 0 Å². The van der Waals surface area contributed by atoms with Crippen LogP contribution < -0.4 is 0 Å². The largest absolute Gasteiger partial charge is 0.330 e. The van der Waals surface area contributed by atoms with Gasteiger partial charge in [-0.2, -0.15) is 0 Å². The molecule has 5 heteroatoms. The molecule has 1 atom stereocenters. The lowest BCUT2D eigenvalue weighted by atomic mass is 9.89. The Labute approximate surface area is 155 Å². The molecular weight excluding hydrogens is 322 g/mol. The van der Waals surface area contributed by atoms with Crippen molar-refractivity contribution in [3.05, 3.63) is 49.2 Å². The van der Waals surface area contributed by atoms with Gasteiger partial charge in [-0.1, -0.05) is 37.3 Å². The highest BCUT2D eigenvalue weighted by Crippen LogP contribution is 2.36. The summed E-state index contributed by atoms with van der Waals surface area (Å²) in [6.07, 6.45) is 7.10. The highest BCUT2D eigenvalue weighted by Gasteiger charge is 2.33. The summed E-state index contributed by atoms with van der Waals surface area (Å²) in [6, 6.07) is 10.5. The first-order chi connectivity index (χ1) is 12.6. The van der Waals surface area contributed by atoms with E-state index in [0.29, 0.717) is 0 Å². The fourth-order valence-corrected chi connectivity index (χ4v) is 4.16. The van der Waals surface area contributed by atoms with Crippen molar-refractivity contribution in [2.45, 2.75) is 33.4 Å². The molecule has 26 heavy (non-hydrogen) atoms. The molecule has 136 valence electrons. The van der Waals surface area contributed by atoms with Gasteiger partial charge in [0, 0.05) is 25.2 Å². The van der Waals surface area contributed by atoms with Crippen LogP contribution in [0.4, 0.5) is 0 Å². The van der Waals surface area contributed by atoms with Crippen molar-refractivity contribution in [3.63, 3.8) is 0 Å². The molecule has 0 spiro atoms. The van der Waals surface area contributed by atoms with E-state index in [-0.39, 0.29) is 5.41 Å². The summed E-state index contributed by atoms with van der Waals surface area (Å²) >= 11 is 0. The van der Waals surface area contributed by atoms with Gasteiger partial charge in [-0.05, 0) is 32.4 Å². The number of hydrogen-bond donors (Lipinski definition) is 0. The standard InChI is InChI=1S/C21H27N5/c1-4-25-15-22-12-18(25)20-19(17-8-6-5-7-9-17)23-16-26(20)14-21(2)10-11-24(3)13-21/h5-9,12,15-16H,4,10-11,13-14H2,1-3H3. The molecule has 1 aromatic carbocycles. The number of imidazole rings is 2. The molecule has 0 amide bonds. The fourth-order valence-electron chi connectivity index (χ4n) is 4.16. The third-order valence-corrected chi connectivity index (χ3v) is 5.48. The summed E-state index contributed by atoms with van der Waals surface area (Å²) in [6.45, 7) is 8.70. The van der Waals surface area contributed by atoms with Gasteiger partial charge in [0.15, 0.2) is 0 Å². The minimum atomic E-state index is 0.273. The van der Waals surface area contributed by atoms with Crippen molar-refractivity contribution in [3.8, 4) is 22.6 Å². The molecule has 3 heterocycles. The summed E-state index contributed by atoms with van der Waals surface area (Å²) in [5.74, 6) is 0. The molecule has 1 aliphatic heterocycles. The number of nitrogens with zero attached hydrogens (tertiary/aromatic N) is 5. The molecule has 0 saturated carbocycles. The molecule has 2 aromatic heterocycles. The van der Waals surface area contributed by atoms with E-state index >= 15 is 0 Å². The molecule has 3 aromatic rings. The van der Waals surface area contributed by atoms with Crippen LogP contribution in [0.25, 0.3) is 22.6 Å². The predicted molar refractivity (Wildman–Crippen MR) is 105 cm³/mol. The maximum atomic E-state index is 4.82. The van der Waals surface area contributed by atoms with Crippen LogP contribution in [-0.2, 0) is 13.1 Å². The third kappa shape index (κ3) is 3.07. The first-order valence-electron chi connectivity index (χ1n) is 9.39. The van der Waals surface area contributed by atoms with Crippen molar-refractivity contribution >= 4 is 0 Å². The van der Waals surface area contributed by atoms with Gasteiger partial charge in [-0.25, -0.2) is 9.97 Å². The highest BCUT2D eigenvalue weighted by atomic mass is 15.2. The topological polar surface area (TPSA) is 38.9 Å². The zero-order chi connectivity index (χ0) is 18.1. The lowest BCUT2D eigenvalue weighted by molar-refractivity contribution is 0.270. The van der Waals surface area contributed by atoms with E-state index in [1.807, 2.05) is 24.9 Å². The van der Waals surface area contributed by atoms with Crippen LogP contribution in [0, 0.1) is 5.41 Å². The smallest absolute Gasteiger partial charge is 0.0979 e. The Hall–Kier alpha value is -2.40. The van der Waals surface area contributed by atoms with Gasteiger partial charge in [0.1, 0.15) is 0 Å². The normalized spacial score (nSPS) is 20.7. The summed E-state index contributed by atoms with van der Waals surface area (Å²) in [7, 11) is 2.21. The number of aromatic nitrogens is 4. The van der Waals surface area contributed by atoms with Gasteiger partial charge < -0.3 is 14.0 Å². The van der Waals surface area contributed by atoms with Crippen LogP contribution in [-0.4, -0.2) is 44.1 Å². The Morgan fingerprint density at radius 2 is 1.92 bits per heavy atom. The Morgan fingerprint density at radius 3 is 2.62 bits per heavy atom. The molecule has 5 nitrogen and oxygen atoms in total. The number of likely N-dealkylation sites (tertiary alicyclic amines) is 1. The van der Waals surface area contributed by atoms with Crippen LogP contribution in [0.15, 0.2) is 49.2 Å². The fraction of sp³-hybridized carbons (Fsp3) is 0.429. The minimum Gasteiger partial charge on any atom is -0.330 e. The number of benzene rings is 1. The zero-order valence-corrected chi connectivity index (χ0v) is 15.9. The van der Waals surface area contributed by atoms with Crippen LogP contribution in [0.2, 0.25) is 0 Å². The molecular formula is C21H27N5. The predicted octanol–water partition coefficient (Wildman–Crippen LogP) is 3.78. The van der Waals surface area contributed by atoms with Crippen molar-refractivity contribution in [1.82, 2.24) is 24.0 Å². The van der Waals surface area contributed by atoms with Crippen molar-refractivity contribution in [2.24, 2.45) is 5.41 Å². The van der Waals surface area contributed by atoms with E-state index in [1.54, 1.807) is 0 Å². The van der Waals surface area contributed by atoms with Crippen molar-refractivity contribution in [1.29, 1.82) is 0 Å². The Bertz CT molecular complexity index is 879. The molecule has 0 radical (unpaired) electrons. The quantitative estimate of drug-likeness (QED) is 0.704. The summed E-state index contributed by atoms with van der Waals surface area (Å²) in [5.41, 5.74) is 4.77. The second-order valence-corrected chi connectivity index (χ2v) is 7.80. The van der Waals surface area contributed by atoms with Gasteiger partial charge >= 0.3 is 0 Å². The van der Waals surface area contributed by atoms with E-state index in [1.165, 1.54) is 18.7 Å². The second kappa shape index (κ2) is 6.72. The molecule has 1 saturated heterocycles. The molecule has 0 bridgehead atoms. The van der Waals surface area contributed by atoms with E-state index in [4.69, 9.17) is 4.98 Å². The van der Waals surface area contributed by atoms with Gasteiger partial charge in [0.25, 0.3) is 0 Å². The lowest BCUT2D eigenvalue weighted by Crippen LogP contribution is -2.27. The van der Waals surface area contributed by atoms with Gasteiger partial charge in [0.05, 0.1) is 35.9 Å². The van der Waals surface area contributed by atoms with Crippen molar-refractivity contribution < 1.29 is 0 Å². The van der Waals surface area contributed by atoms with E-state index in [0.717, 1.165) is 36.6 Å². The maximum Gasteiger partial charge on any atom is 0.0979 e. The Balaban J connectivity index is 1.81. The Morgan fingerprint density at radius 1 is 1.12 bits per heavy atom. The van der Waals surface area contributed by atoms with Crippen LogP contribution in [0.1, 0.15) is 20.3 Å². The summed E-state index contributed by atoms with van der Waals surface area (Å²) in [4.78, 5) is 11.6.